The summed E-state index contributed by atoms with van der Waals surface area (Å²) in [6.07, 6.45) is 3.43. The number of benzene rings is 2. The highest BCUT2D eigenvalue weighted by molar-refractivity contribution is 8.00. The standard InChI is InChI=1S/C18H20ClNS/c19-15-7-4-8-16(12-15)21-18-11-14(9-10-17(18)20)13-5-2-1-3-6-13/h1-8,12,14,17-18H,9-11,20H2. The van der Waals surface area contributed by atoms with Gasteiger partial charge in [-0.3, -0.25) is 0 Å². The van der Waals surface area contributed by atoms with Crippen LogP contribution in [0.3, 0.4) is 0 Å². The van der Waals surface area contributed by atoms with E-state index in [1.807, 2.05) is 30.0 Å². The van der Waals surface area contributed by atoms with Crippen molar-refractivity contribution < 1.29 is 0 Å². The van der Waals surface area contributed by atoms with E-state index in [1.165, 1.54) is 16.9 Å². The summed E-state index contributed by atoms with van der Waals surface area (Å²) < 4.78 is 0. The summed E-state index contributed by atoms with van der Waals surface area (Å²) in [5.74, 6) is 0.627. The first-order valence-corrected chi connectivity index (χ1v) is 8.71. The second kappa shape index (κ2) is 6.87. The maximum atomic E-state index is 6.35. The minimum absolute atomic E-state index is 0.272. The van der Waals surface area contributed by atoms with E-state index in [9.17, 15) is 0 Å². The average Bonchev–Trinajstić information content (AvgIpc) is 2.50. The monoisotopic (exact) mass is 317 g/mol. The minimum atomic E-state index is 0.272. The van der Waals surface area contributed by atoms with Crippen molar-refractivity contribution in [2.24, 2.45) is 5.73 Å². The zero-order chi connectivity index (χ0) is 14.7. The van der Waals surface area contributed by atoms with E-state index < -0.39 is 0 Å². The Hall–Kier alpha value is -0.960. The molecule has 0 amide bonds. The van der Waals surface area contributed by atoms with Crippen molar-refractivity contribution in [2.45, 2.75) is 41.4 Å². The highest BCUT2D eigenvalue weighted by Gasteiger charge is 2.29. The lowest BCUT2D eigenvalue weighted by molar-refractivity contribution is 0.406. The fourth-order valence-electron chi connectivity index (χ4n) is 3.03. The normalized spacial score (nSPS) is 25.7. The number of thioether (sulfide) groups is 1. The zero-order valence-corrected chi connectivity index (χ0v) is 13.5. The number of hydrogen-bond acceptors (Lipinski definition) is 2. The molecule has 21 heavy (non-hydrogen) atoms. The van der Waals surface area contributed by atoms with Crippen molar-refractivity contribution in [3.05, 3.63) is 65.2 Å². The van der Waals surface area contributed by atoms with Crippen molar-refractivity contribution in [2.75, 3.05) is 0 Å². The van der Waals surface area contributed by atoms with Crippen molar-refractivity contribution in [1.82, 2.24) is 0 Å². The molecule has 0 aromatic heterocycles. The summed E-state index contributed by atoms with van der Waals surface area (Å²) in [5.41, 5.74) is 7.80. The van der Waals surface area contributed by atoms with E-state index in [4.69, 9.17) is 17.3 Å². The average molecular weight is 318 g/mol. The Morgan fingerprint density at radius 3 is 2.57 bits per heavy atom. The van der Waals surface area contributed by atoms with E-state index in [0.29, 0.717) is 11.2 Å². The van der Waals surface area contributed by atoms with Crippen LogP contribution in [0.4, 0.5) is 0 Å². The Balaban J connectivity index is 1.72. The van der Waals surface area contributed by atoms with Gasteiger partial charge in [-0.05, 0) is 48.9 Å². The molecule has 1 fully saturated rings. The number of nitrogens with two attached hydrogens (primary N) is 1. The Morgan fingerprint density at radius 1 is 1.00 bits per heavy atom. The van der Waals surface area contributed by atoms with Gasteiger partial charge < -0.3 is 5.73 Å². The van der Waals surface area contributed by atoms with Gasteiger partial charge >= 0.3 is 0 Å². The molecule has 0 spiro atoms. The van der Waals surface area contributed by atoms with Crippen molar-refractivity contribution in [3.8, 4) is 0 Å². The topological polar surface area (TPSA) is 26.0 Å². The van der Waals surface area contributed by atoms with Crippen molar-refractivity contribution >= 4 is 23.4 Å². The van der Waals surface area contributed by atoms with Crippen LogP contribution in [-0.4, -0.2) is 11.3 Å². The number of halogens is 1. The Bertz CT molecular complexity index is 587. The van der Waals surface area contributed by atoms with Gasteiger partial charge in [0.25, 0.3) is 0 Å². The first-order valence-electron chi connectivity index (χ1n) is 7.45. The fourth-order valence-corrected chi connectivity index (χ4v) is 4.63. The van der Waals surface area contributed by atoms with E-state index in [-0.39, 0.29) is 6.04 Å². The molecule has 3 heteroatoms. The molecule has 0 heterocycles. The van der Waals surface area contributed by atoms with Gasteiger partial charge in [0.05, 0.1) is 0 Å². The third-order valence-electron chi connectivity index (χ3n) is 4.20. The Morgan fingerprint density at radius 2 is 1.81 bits per heavy atom. The maximum absolute atomic E-state index is 6.35. The second-order valence-electron chi connectivity index (χ2n) is 5.70. The third kappa shape index (κ3) is 3.82. The molecule has 1 aliphatic rings. The molecule has 2 aromatic rings. The summed E-state index contributed by atoms with van der Waals surface area (Å²) in [6, 6.07) is 19.2. The van der Waals surface area contributed by atoms with Crippen molar-refractivity contribution in [1.29, 1.82) is 0 Å². The largest absolute Gasteiger partial charge is 0.327 e. The van der Waals surface area contributed by atoms with E-state index in [2.05, 4.69) is 36.4 Å². The fraction of sp³-hybridized carbons (Fsp3) is 0.333. The van der Waals surface area contributed by atoms with Crippen LogP contribution in [0, 0.1) is 0 Å². The summed E-state index contributed by atoms with van der Waals surface area (Å²) >= 11 is 7.95. The molecule has 0 bridgehead atoms. The van der Waals surface area contributed by atoms with Crippen LogP contribution in [0.2, 0.25) is 5.02 Å². The zero-order valence-electron chi connectivity index (χ0n) is 11.9. The molecule has 0 saturated heterocycles. The molecule has 1 nitrogen and oxygen atoms in total. The third-order valence-corrected chi connectivity index (χ3v) is 5.80. The van der Waals surface area contributed by atoms with E-state index in [0.717, 1.165) is 17.9 Å². The number of hydrogen-bond donors (Lipinski definition) is 1. The quantitative estimate of drug-likeness (QED) is 0.852. The van der Waals surface area contributed by atoms with Gasteiger partial charge in [0.2, 0.25) is 0 Å². The molecular formula is C18H20ClNS. The lowest BCUT2D eigenvalue weighted by atomic mass is 9.82. The van der Waals surface area contributed by atoms with Gasteiger partial charge in [-0.15, -0.1) is 11.8 Å². The Kier molecular flexibility index (Phi) is 4.89. The van der Waals surface area contributed by atoms with Gasteiger partial charge in [-0.1, -0.05) is 48.0 Å². The molecule has 1 aliphatic carbocycles. The predicted octanol–water partition coefficient (Wildman–Crippen LogP) is 5.10. The van der Waals surface area contributed by atoms with Gasteiger partial charge in [-0.25, -0.2) is 0 Å². The Labute approximate surface area is 135 Å². The summed E-state index contributed by atoms with van der Waals surface area (Å²) in [6.45, 7) is 0. The molecule has 0 radical (unpaired) electrons. The molecule has 2 aromatic carbocycles. The molecule has 1 saturated carbocycles. The van der Waals surface area contributed by atoms with Crippen LogP contribution in [0.25, 0.3) is 0 Å². The van der Waals surface area contributed by atoms with Gasteiger partial charge in [0.15, 0.2) is 0 Å². The van der Waals surface area contributed by atoms with Crippen LogP contribution in [0.1, 0.15) is 30.7 Å². The summed E-state index contributed by atoms with van der Waals surface area (Å²) in [5, 5.41) is 1.26. The maximum Gasteiger partial charge on any atom is 0.0417 e. The second-order valence-corrected chi connectivity index (χ2v) is 7.45. The summed E-state index contributed by atoms with van der Waals surface area (Å²) in [4.78, 5) is 1.22. The minimum Gasteiger partial charge on any atom is -0.327 e. The molecule has 110 valence electrons. The highest BCUT2D eigenvalue weighted by Crippen LogP contribution is 2.40. The lowest BCUT2D eigenvalue weighted by Crippen LogP contribution is -2.37. The van der Waals surface area contributed by atoms with Crippen LogP contribution >= 0.6 is 23.4 Å². The highest BCUT2D eigenvalue weighted by atomic mass is 35.5. The van der Waals surface area contributed by atoms with Crippen LogP contribution in [0.15, 0.2) is 59.5 Å². The molecule has 3 unspecified atom stereocenters. The molecule has 3 atom stereocenters. The van der Waals surface area contributed by atoms with E-state index in [1.54, 1.807) is 0 Å². The van der Waals surface area contributed by atoms with Crippen molar-refractivity contribution in [3.63, 3.8) is 0 Å². The van der Waals surface area contributed by atoms with Crippen LogP contribution < -0.4 is 5.73 Å². The summed E-state index contributed by atoms with van der Waals surface area (Å²) in [7, 11) is 0. The molecular weight excluding hydrogens is 298 g/mol. The SMILES string of the molecule is NC1CCC(c2ccccc2)CC1Sc1cccc(Cl)c1. The predicted molar refractivity (Wildman–Crippen MR) is 92.1 cm³/mol. The first kappa shape index (κ1) is 15.0. The molecule has 0 aliphatic heterocycles. The van der Waals surface area contributed by atoms with Gasteiger partial charge in [0, 0.05) is 21.2 Å². The molecule has 2 N–H and O–H groups in total. The van der Waals surface area contributed by atoms with Gasteiger partial charge in [-0.2, -0.15) is 0 Å². The van der Waals surface area contributed by atoms with Crippen LogP contribution in [0.5, 0.6) is 0 Å². The van der Waals surface area contributed by atoms with Crippen LogP contribution in [-0.2, 0) is 0 Å². The smallest absolute Gasteiger partial charge is 0.0417 e. The molecule has 3 rings (SSSR count). The lowest BCUT2D eigenvalue weighted by Gasteiger charge is -2.34. The van der Waals surface area contributed by atoms with Gasteiger partial charge in [0.1, 0.15) is 0 Å². The first-order chi connectivity index (χ1) is 10.2. The van der Waals surface area contributed by atoms with E-state index >= 15 is 0 Å². The number of rotatable bonds is 3.